The topological polar surface area (TPSA) is 90.7 Å². The van der Waals surface area contributed by atoms with Gasteiger partial charge in [-0.2, -0.15) is 0 Å². The van der Waals surface area contributed by atoms with Gasteiger partial charge in [-0.3, -0.25) is 0 Å². The van der Waals surface area contributed by atoms with Gasteiger partial charge in [0.25, 0.3) is 0 Å². The Kier molecular flexibility index (Phi) is 0.777. The standard InChI is InChI=1S/CH2N6/c2-3-1-4-6-7-5-1/h3H,(H,4,5,6,7). The molecule has 0 atom stereocenters. The van der Waals surface area contributed by atoms with Crippen LogP contribution in [0.4, 0.5) is 5.95 Å². The Hall–Kier alpha value is -1.33. The predicted molar refractivity (Wildman–Crippen MR) is 18.2 cm³/mol. The molecule has 0 fully saturated rings. The van der Waals surface area contributed by atoms with Crippen LogP contribution >= 0.6 is 0 Å². The zero-order valence-electron chi connectivity index (χ0n) is 3.29. The first kappa shape index (κ1) is 3.85. The highest BCUT2D eigenvalue weighted by atomic mass is 15.5. The van der Waals surface area contributed by atoms with E-state index in [0.717, 1.165) is 0 Å². The minimum atomic E-state index is 0.0694. The summed E-state index contributed by atoms with van der Waals surface area (Å²) in [6.07, 6.45) is 0. The quantitative estimate of drug-likeness (QED) is 0.395. The van der Waals surface area contributed by atoms with Crippen molar-refractivity contribution in [1.29, 1.82) is 0 Å². The van der Waals surface area contributed by atoms with Crippen LogP contribution in [-0.2, 0) is 0 Å². The van der Waals surface area contributed by atoms with Crippen LogP contribution in [0.1, 0.15) is 0 Å². The van der Waals surface area contributed by atoms with Gasteiger partial charge in [0, 0.05) is 10.3 Å². The second kappa shape index (κ2) is 1.41. The molecule has 0 spiro atoms. The molecule has 0 aliphatic carbocycles. The van der Waals surface area contributed by atoms with E-state index in [1.807, 2.05) is 0 Å². The molecule has 0 amide bonds. The first-order valence-electron chi connectivity index (χ1n) is 1.57. The van der Waals surface area contributed by atoms with E-state index in [4.69, 9.17) is 5.53 Å². The van der Waals surface area contributed by atoms with Crippen LogP contribution in [0.3, 0.4) is 0 Å². The summed E-state index contributed by atoms with van der Waals surface area (Å²) in [4.78, 5) is 0. The fourth-order valence-corrected chi connectivity index (χ4v) is 0.209. The monoisotopic (exact) mass is 98.0 g/mol. The van der Waals surface area contributed by atoms with Crippen molar-refractivity contribution < 1.29 is 5.11 Å². The number of nitrogens with zero attached hydrogens (tertiary/aromatic N) is 4. The van der Waals surface area contributed by atoms with Crippen LogP contribution < -0.4 is 5.11 Å². The van der Waals surface area contributed by atoms with Crippen molar-refractivity contribution in [2.24, 2.45) is 0 Å². The number of H-pyrrole nitrogens is 1. The van der Waals surface area contributed by atoms with Crippen molar-refractivity contribution in [1.82, 2.24) is 20.6 Å². The van der Waals surface area contributed by atoms with Gasteiger partial charge >= 0.3 is 5.95 Å². The summed E-state index contributed by atoms with van der Waals surface area (Å²) in [7, 11) is 0. The molecule has 7 heavy (non-hydrogen) atoms. The van der Waals surface area contributed by atoms with Crippen LogP contribution in [0.15, 0.2) is 0 Å². The van der Waals surface area contributed by atoms with E-state index < -0.39 is 0 Å². The summed E-state index contributed by atoms with van der Waals surface area (Å²) < 4.78 is 0. The van der Waals surface area contributed by atoms with E-state index in [1.54, 1.807) is 5.11 Å². The molecule has 0 saturated carbocycles. The third kappa shape index (κ3) is 0.566. The lowest BCUT2D eigenvalue weighted by atomic mass is 11.1. The minimum absolute atomic E-state index is 0.0694. The van der Waals surface area contributed by atoms with Crippen LogP contribution in [0.2, 0.25) is 0 Å². The number of hydrogen-bond acceptors (Lipinski definition) is 3. The SMILES string of the molecule is [N-]=[NH+]c1nn[nH]n1. The van der Waals surface area contributed by atoms with Gasteiger partial charge in [-0.25, -0.2) is 0 Å². The second-order valence-electron chi connectivity index (χ2n) is 0.847. The van der Waals surface area contributed by atoms with Gasteiger partial charge < -0.3 is 10.6 Å². The molecule has 0 saturated heterocycles. The van der Waals surface area contributed by atoms with E-state index >= 15 is 0 Å². The fraction of sp³-hybridized carbons (Fsp3) is 0. The van der Waals surface area contributed by atoms with Gasteiger partial charge in [-0.1, -0.05) is 5.21 Å². The summed E-state index contributed by atoms with van der Waals surface area (Å²) in [6, 6.07) is 0. The number of tetrazole rings is 1. The van der Waals surface area contributed by atoms with Crippen LogP contribution in [0, 0.1) is 0 Å². The summed E-state index contributed by atoms with van der Waals surface area (Å²) in [5, 5.41) is 13.6. The van der Waals surface area contributed by atoms with Crippen molar-refractivity contribution >= 4 is 5.95 Å². The fourth-order valence-electron chi connectivity index (χ4n) is 0.209. The molecule has 6 nitrogen and oxygen atoms in total. The van der Waals surface area contributed by atoms with Gasteiger partial charge in [0.1, 0.15) is 0 Å². The molecule has 1 aromatic rings. The maximum atomic E-state index is 7.99. The van der Waals surface area contributed by atoms with Gasteiger partial charge in [-0.05, 0) is 0 Å². The molecular weight excluding hydrogens is 96.1 g/mol. The molecule has 0 aliphatic heterocycles. The average molecular weight is 98.1 g/mol. The zero-order valence-corrected chi connectivity index (χ0v) is 3.29. The highest BCUT2D eigenvalue weighted by Gasteiger charge is 1.95. The predicted octanol–water partition coefficient (Wildman–Crippen LogP) is -2.07. The Labute approximate surface area is 38.4 Å². The van der Waals surface area contributed by atoms with Crippen molar-refractivity contribution in [3.8, 4) is 0 Å². The Morgan fingerprint density at radius 2 is 2.57 bits per heavy atom. The third-order valence-electron chi connectivity index (χ3n) is 0.445. The Morgan fingerprint density at radius 1 is 1.71 bits per heavy atom. The maximum Gasteiger partial charge on any atom is 0.460 e. The highest BCUT2D eigenvalue weighted by Crippen LogP contribution is 1.69. The minimum Gasteiger partial charge on any atom is -0.650 e. The molecule has 6 heteroatoms. The number of aromatic nitrogens is 4. The third-order valence-corrected chi connectivity index (χ3v) is 0.445. The van der Waals surface area contributed by atoms with Gasteiger partial charge in [0.2, 0.25) is 0 Å². The van der Waals surface area contributed by atoms with E-state index in [-0.39, 0.29) is 5.95 Å². The van der Waals surface area contributed by atoms with Crippen LogP contribution in [-0.4, -0.2) is 20.6 Å². The first-order chi connectivity index (χ1) is 3.43. The zero-order chi connectivity index (χ0) is 5.11. The molecular formula is CH2N6. The van der Waals surface area contributed by atoms with Gasteiger partial charge in [-0.15, -0.1) is 0 Å². The number of aromatic amines is 1. The van der Waals surface area contributed by atoms with Crippen molar-refractivity contribution in [2.45, 2.75) is 0 Å². The lowest BCUT2D eigenvalue weighted by molar-refractivity contribution is -0.389. The van der Waals surface area contributed by atoms with Gasteiger partial charge in [0.15, 0.2) is 0 Å². The Morgan fingerprint density at radius 3 is 2.86 bits per heavy atom. The average Bonchev–Trinajstić information content (AvgIpc) is 2.14. The smallest absolute Gasteiger partial charge is 0.460 e. The molecule has 0 radical (unpaired) electrons. The second-order valence-corrected chi connectivity index (χ2v) is 0.847. The molecule has 36 valence electrons. The van der Waals surface area contributed by atoms with Crippen LogP contribution in [0.5, 0.6) is 0 Å². The lowest BCUT2D eigenvalue weighted by Crippen LogP contribution is -2.55. The number of hydrogen-bond donors (Lipinski definition) is 2. The Bertz CT molecular complexity index is 139. The molecule has 1 aromatic heterocycles. The number of rotatable bonds is 1. The largest absolute Gasteiger partial charge is 0.650 e. The van der Waals surface area contributed by atoms with Crippen molar-refractivity contribution in [2.75, 3.05) is 0 Å². The Balaban J connectivity index is 2.96. The molecule has 0 bridgehead atoms. The molecule has 0 aliphatic rings. The van der Waals surface area contributed by atoms with E-state index in [9.17, 15) is 0 Å². The normalized spacial score (nSPS) is 8.57. The molecule has 0 unspecified atom stereocenters. The first-order valence-corrected chi connectivity index (χ1v) is 1.57. The van der Waals surface area contributed by atoms with Crippen molar-refractivity contribution in [3.05, 3.63) is 5.53 Å². The maximum absolute atomic E-state index is 7.99. The lowest BCUT2D eigenvalue weighted by Gasteiger charge is -1.67. The summed E-state index contributed by atoms with van der Waals surface area (Å²) in [5.41, 5.74) is 7.99. The summed E-state index contributed by atoms with van der Waals surface area (Å²) in [6.45, 7) is 0. The highest BCUT2D eigenvalue weighted by molar-refractivity contribution is 4.87. The molecule has 2 N–H and O–H groups in total. The van der Waals surface area contributed by atoms with E-state index in [0.29, 0.717) is 0 Å². The molecule has 1 rings (SSSR count). The van der Waals surface area contributed by atoms with E-state index in [2.05, 4.69) is 20.6 Å². The molecule has 1 heterocycles. The number of nitrogens with one attached hydrogen (secondary N) is 2. The van der Waals surface area contributed by atoms with Crippen LogP contribution in [0.25, 0.3) is 5.53 Å². The molecule has 0 aromatic carbocycles. The summed E-state index contributed by atoms with van der Waals surface area (Å²) in [5.74, 6) is 0.0694. The van der Waals surface area contributed by atoms with E-state index in [1.165, 1.54) is 0 Å². The summed E-state index contributed by atoms with van der Waals surface area (Å²) >= 11 is 0. The van der Waals surface area contributed by atoms with Gasteiger partial charge in [0.05, 0.1) is 5.10 Å². The van der Waals surface area contributed by atoms with Crippen molar-refractivity contribution in [3.63, 3.8) is 0 Å².